The quantitative estimate of drug-likeness (QED) is 0.760. The van der Waals surface area contributed by atoms with Crippen LogP contribution in [0, 0.1) is 0 Å². The van der Waals surface area contributed by atoms with Crippen LogP contribution in [0.1, 0.15) is 25.0 Å². The highest BCUT2D eigenvalue weighted by molar-refractivity contribution is 6.30. The average Bonchev–Trinajstić information content (AvgIpc) is 2.62. The van der Waals surface area contributed by atoms with Crippen molar-refractivity contribution in [3.05, 3.63) is 52.9 Å². The van der Waals surface area contributed by atoms with Gasteiger partial charge in [-0.15, -0.1) is 0 Å². The van der Waals surface area contributed by atoms with E-state index in [0.29, 0.717) is 11.1 Å². The van der Waals surface area contributed by atoms with Crippen molar-refractivity contribution in [2.45, 2.75) is 33.0 Å². The molecule has 1 N–H and O–H groups in total. The number of carbonyl (C=O) groups excluding carboxylic acids is 1. The third-order valence-electron chi connectivity index (χ3n) is 2.86. The Morgan fingerprint density at radius 3 is 2.62 bits per heavy atom. The first-order valence-corrected chi connectivity index (χ1v) is 8.22. The SMILES string of the molecule is CC.O=C(Cc1cccnc1Cl)NCc1ccnc(OCC(F)(F)F)c1. The predicted molar refractivity (Wildman–Crippen MR) is 91.9 cm³/mol. The van der Waals surface area contributed by atoms with E-state index >= 15 is 0 Å². The van der Waals surface area contributed by atoms with Gasteiger partial charge in [0.1, 0.15) is 5.15 Å². The summed E-state index contributed by atoms with van der Waals surface area (Å²) in [4.78, 5) is 19.4. The Bertz CT molecular complexity index is 712. The Kier molecular flexibility index (Phi) is 8.84. The molecule has 2 heterocycles. The topological polar surface area (TPSA) is 64.1 Å². The van der Waals surface area contributed by atoms with Crippen LogP contribution in [0.4, 0.5) is 13.2 Å². The summed E-state index contributed by atoms with van der Waals surface area (Å²) in [5, 5.41) is 2.89. The van der Waals surface area contributed by atoms with E-state index in [-0.39, 0.29) is 29.9 Å². The van der Waals surface area contributed by atoms with Gasteiger partial charge in [0.2, 0.25) is 11.8 Å². The molecule has 1 amide bonds. The molecule has 2 aromatic heterocycles. The van der Waals surface area contributed by atoms with E-state index < -0.39 is 12.8 Å². The second kappa shape index (κ2) is 10.6. The number of nitrogens with one attached hydrogen (secondary N) is 1. The van der Waals surface area contributed by atoms with Crippen molar-refractivity contribution in [1.29, 1.82) is 0 Å². The van der Waals surface area contributed by atoms with Gasteiger partial charge in [0.05, 0.1) is 6.42 Å². The summed E-state index contributed by atoms with van der Waals surface area (Å²) in [6.07, 6.45) is -1.56. The van der Waals surface area contributed by atoms with Crippen LogP contribution in [0.5, 0.6) is 5.88 Å². The standard InChI is InChI=1S/C15H13ClF3N3O2.C2H6/c16-14-11(2-1-4-21-14)7-12(23)22-8-10-3-5-20-13(6-10)24-9-15(17,18)19;1-2/h1-6H,7-9H2,(H,22,23);1-2H3. The Labute approximate surface area is 154 Å². The molecule has 0 radical (unpaired) electrons. The highest BCUT2D eigenvalue weighted by atomic mass is 35.5. The van der Waals surface area contributed by atoms with Gasteiger partial charge in [-0.2, -0.15) is 13.2 Å². The Hall–Kier alpha value is -2.35. The molecular formula is C17H19ClF3N3O2. The lowest BCUT2D eigenvalue weighted by atomic mass is 10.2. The number of rotatable bonds is 6. The number of aromatic nitrogens is 2. The molecule has 0 aliphatic carbocycles. The fourth-order valence-corrected chi connectivity index (χ4v) is 1.97. The number of pyridine rings is 2. The van der Waals surface area contributed by atoms with Gasteiger partial charge in [-0.25, -0.2) is 9.97 Å². The van der Waals surface area contributed by atoms with Crippen LogP contribution in [0.3, 0.4) is 0 Å². The van der Waals surface area contributed by atoms with E-state index in [1.54, 1.807) is 18.2 Å². The normalized spacial score (nSPS) is 10.5. The molecule has 5 nitrogen and oxygen atoms in total. The Morgan fingerprint density at radius 2 is 1.96 bits per heavy atom. The van der Waals surface area contributed by atoms with Crippen LogP contribution in [0.15, 0.2) is 36.7 Å². The molecule has 0 saturated carbocycles. The first-order chi connectivity index (χ1) is 12.3. The first kappa shape index (κ1) is 21.7. The van der Waals surface area contributed by atoms with Crippen LogP contribution in [-0.2, 0) is 17.8 Å². The number of carbonyl (C=O) groups is 1. The number of amides is 1. The maximum atomic E-state index is 12.1. The molecular weight excluding hydrogens is 371 g/mol. The van der Waals surface area contributed by atoms with Crippen LogP contribution < -0.4 is 10.1 Å². The highest BCUT2D eigenvalue weighted by Gasteiger charge is 2.28. The molecule has 9 heteroatoms. The Balaban J connectivity index is 0.00000163. The zero-order valence-corrected chi connectivity index (χ0v) is 15.1. The van der Waals surface area contributed by atoms with Gasteiger partial charge in [0.15, 0.2) is 6.61 Å². The lowest BCUT2D eigenvalue weighted by Gasteiger charge is -2.10. The third kappa shape index (κ3) is 8.15. The van der Waals surface area contributed by atoms with Gasteiger partial charge < -0.3 is 10.1 Å². The molecule has 0 unspecified atom stereocenters. The van der Waals surface area contributed by atoms with Crippen LogP contribution in [0.2, 0.25) is 5.15 Å². The lowest BCUT2D eigenvalue weighted by molar-refractivity contribution is -0.154. The number of hydrogen-bond donors (Lipinski definition) is 1. The summed E-state index contributed by atoms with van der Waals surface area (Å²) in [6.45, 7) is 2.71. The van der Waals surface area contributed by atoms with Crippen molar-refractivity contribution in [3.63, 3.8) is 0 Å². The molecule has 0 bridgehead atoms. The summed E-state index contributed by atoms with van der Waals surface area (Å²) in [7, 11) is 0. The lowest BCUT2D eigenvalue weighted by Crippen LogP contribution is -2.25. The molecule has 0 aliphatic rings. The average molecular weight is 390 g/mol. The second-order valence-corrected chi connectivity index (χ2v) is 5.17. The van der Waals surface area contributed by atoms with E-state index in [0.717, 1.165) is 0 Å². The second-order valence-electron chi connectivity index (χ2n) is 4.81. The van der Waals surface area contributed by atoms with E-state index in [1.165, 1.54) is 18.5 Å². The van der Waals surface area contributed by atoms with Gasteiger partial charge >= 0.3 is 6.18 Å². The number of alkyl halides is 3. The molecule has 0 spiro atoms. The molecule has 0 aliphatic heterocycles. The number of ether oxygens (including phenoxy) is 1. The van der Waals surface area contributed by atoms with Crippen molar-refractivity contribution in [3.8, 4) is 5.88 Å². The predicted octanol–water partition coefficient (Wildman–Crippen LogP) is 3.96. The molecule has 2 aromatic rings. The number of nitrogens with zero attached hydrogens (tertiary/aromatic N) is 2. The van der Waals surface area contributed by atoms with E-state index in [4.69, 9.17) is 11.6 Å². The van der Waals surface area contributed by atoms with Crippen molar-refractivity contribution in [2.24, 2.45) is 0 Å². The summed E-state index contributed by atoms with van der Waals surface area (Å²) in [5.74, 6) is -0.450. The minimum Gasteiger partial charge on any atom is -0.468 e. The van der Waals surface area contributed by atoms with E-state index in [1.807, 2.05) is 13.8 Å². The largest absolute Gasteiger partial charge is 0.468 e. The van der Waals surface area contributed by atoms with Crippen LogP contribution >= 0.6 is 11.6 Å². The summed E-state index contributed by atoms with van der Waals surface area (Å²) >= 11 is 5.87. The summed E-state index contributed by atoms with van der Waals surface area (Å²) in [5.41, 5.74) is 1.15. The monoisotopic (exact) mass is 389 g/mol. The first-order valence-electron chi connectivity index (χ1n) is 7.84. The zero-order chi connectivity index (χ0) is 19.6. The number of halogens is 4. The van der Waals surface area contributed by atoms with E-state index in [2.05, 4.69) is 20.0 Å². The molecule has 0 fully saturated rings. The molecule has 0 aromatic carbocycles. The van der Waals surface area contributed by atoms with Crippen molar-refractivity contribution in [1.82, 2.24) is 15.3 Å². The minimum atomic E-state index is -4.44. The van der Waals surface area contributed by atoms with Crippen molar-refractivity contribution in [2.75, 3.05) is 6.61 Å². The van der Waals surface area contributed by atoms with Gasteiger partial charge in [0, 0.05) is 25.0 Å². The van der Waals surface area contributed by atoms with Gasteiger partial charge in [0.25, 0.3) is 0 Å². The molecule has 142 valence electrons. The maximum absolute atomic E-state index is 12.1. The van der Waals surface area contributed by atoms with Crippen molar-refractivity contribution < 1.29 is 22.7 Å². The fourth-order valence-electron chi connectivity index (χ4n) is 1.78. The van der Waals surface area contributed by atoms with Crippen LogP contribution in [0.25, 0.3) is 0 Å². The molecule has 0 atom stereocenters. The van der Waals surface area contributed by atoms with Gasteiger partial charge in [-0.05, 0) is 23.3 Å². The smallest absolute Gasteiger partial charge is 0.422 e. The Morgan fingerprint density at radius 1 is 1.23 bits per heavy atom. The minimum absolute atomic E-state index is 0.0508. The number of hydrogen-bond acceptors (Lipinski definition) is 4. The van der Waals surface area contributed by atoms with Gasteiger partial charge in [-0.1, -0.05) is 31.5 Å². The van der Waals surface area contributed by atoms with Crippen molar-refractivity contribution >= 4 is 17.5 Å². The fraction of sp³-hybridized carbons (Fsp3) is 0.353. The molecule has 26 heavy (non-hydrogen) atoms. The third-order valence-corrected chi connectivity index (χ3v) is 3.20. The molecule has 2 rings (SSSR count). The highest BCUT2D eigenvalue weighted by Crippen LogP contribution is 2.17. The van der Waals surface area contributed by atoms with Crippen LogP contribution in [-0.4, -0.2) is 28.7 Å². The zero-order valence-electron chi connectivity index (χ0n) is 14.3. The maximum Gasteiger partial charge on any atom is 0.422 e. The van der Waals surface area contributed by atoms with Gasteiger partial charge in [-0.3, -0.25) is 4.79 Å². The van der Waals surface area contributed by atoms with E-state index in [9.17, 15) is 18.0 Å². The summed E-state index contributed by atoms with van der Waals surface area (Å²) < 4.78 is 40.9. The summed E-state index contributed by atoms with van der Waals surface area (Å²) in [6, 6.07) is 6.26. The molecule has 0 saturated heterocycles.